The van der Waals surface area contributed by atoms with Gasteiger partial charge in [0.15, 0.2) is 5.82 Å². The van der Waals surface area contributed by atoms with Crippen molar-refractivity contribution in [3.05, 3.63) is 96.3 Å². The lowest BCUT2D eigenvalue weighted by Gasteiger charge is -2.08. The summed E-state index contributed by atoms with van der Waals surface area (Å²) in [6.07, 6.45) is 22.0. The van der Waals surface area contributed by atoms with Gasteiger partial charge in [0.1, 0.15) is 5.75 Å². The Labute approximate surface area is 275 Å². The molecule has 238 valence electrons. The van der Waals surface area contributed by atoms with Gasteiger partial charge in [0, 0.05) is 22.9 Å². The first-order valence-electron chi connectivity index (χ1n) is 17.1. The maximum atomic E-state index is 12.8. The summed E-state index contributed by atoms with van der Waals surface area (Å²) in [6, 6.07) is 23.7. The summed E-state index contributed by atoms with van der Waals surface area (Å²) in [5.41, 5.74) is 4.82. The van der Waals surface area contributed by atoms with Crippen molar-refractivity contribution in [3.8, 4) is 28.3 Å². The van der Waals surface area contributed by atoms with Crippen molar-refractivity contribution >= 4 is 17.7 Å². The molecule has 0 radical (unpaired) electrons. The van der Waals surface area contributed by atoms with Gasteiger partial charge in [0.2, 0.25) is 0 Å². The average Bonchev–Trinajstić information content (AvgIpc) is 3.08. The zero-order valence-electron chi connectivity index (χ0n) is 27.3. The summed E-state index contributed by atoms with van der Waals surface area (Å²) in [4.78, 5) is 23.3. The fourth-order valence-electron chi connectivity index (χ4n) is 5.37. The van der Waals surface area contributed by atoms with Crippen LogP contribution in [0.5, 0.6) is 5.75 Å². The summed E-state index contributed by atoms with van der Waals surface area (Å²) in [5.74, 6) is 1.97. The maximum absolute atomic E-state index is 12.8. The van der Waals surface area contributed by atoms with Gasteiger partial charge in [-0.2, -0.15) is 0 Å². The topological polar surface area (TPSA) is 52.1 Å². The predicted octanol–water partition coefficient (Wildman–Crippen LogP) is 11.8. The van der Waals surface area contributed by atoms with Gasteiger partial charge in [-0.3, -0.25) is 0 Å². The number of nitrogens with zero attached hydrogens (tertiary/aromatic N) is 2. The second kappa shape index (κ2) is 19.8. The molecule has 3 aromatic carbocycles. The van der Waals surface area contributed by atoms with Crippen LogP contribution in [0.2, 0.25) is 0 Å². The second-order valence-electron chi connectivity index (χ2n) is 11.9. The van der Waals surface area contributed by atoms with E-state index in [1.165, 1.54) is 99.7 Å². The van der Waals surface area contributed by atoms with Crippen LogP contribution < -0.4 is 4.74 Å². The van der Waals surface area contributed by atoms with Crippen LogP contribution >= 0.6 is 11.8 Å². The summed E-state index contributed by atoms with van der Waals surface area (Å²) in [7, 11) is 0. The van der Waals surface area contributed by atoms with E-state index in [4.69, 9.17) is 4.74 Å². The van der Waals surface area contributed by atoms with Crippen LogP contribution in [0.15, 0.2) is 90.1 Å². The predicted molar refractivity (Wildman–Crippen MR) is 190 cm³/mol. The number of ether oxygens (including phenoxy) is 1. The summed E-state index contributed by atoms with van der Waals surface area (Å²) in [6.45, 7) is 4.51. The zero-order valence-corrected chi connectivity index (χ0v) is 28.1. The van der Waals surface area contributed by atoms with E-state index in [0.29, 0.717) is 17.1 Å². The molecule has 0 bridgehead atoms. The highest BCUT2D eigenvalue weighted by Crippen LogP contribution is 2.26. The Hall–Kier alpha value is -3.44. The normalized spacial score (nSPS) is 11.1. The molecule has 0 fully saturated rings. The molecule has 5 heteroatoms. The molecule has 0 unspecified atom stereocenters. The molecule has 0 saturated carbocycles. The number of carbonyl (C=O) groups excluding carboxylic acids is 1. The number of carbonyl (C=O) groups is 1. The van der Waals surface area contributed by atoms with Crippen molar-refractivity contribution in [1.82, 2.24) is 9.97 Å². The minimum atomic E-state index is -0.373. The molecule has 0 aliphatic carbocycles. The van der Waals surface area contributed by atoms with Crippen LogP contribution in [0.25, 0.3) is 22.5 Å². The van der Waals surface area contributed by atoms with Crippen LogP contribution in [0.3, 0.4) is 0 Å². The molecule has 0 aliphatic heterocycles. The van der Waals surface area contributed by atoms with Gasteiger partial charge >= 0.3 is 5.97 Å². The summed E-state index contributed by atoms with van der Waals surface area (Å²) in [5, 5.41) is 0. The number of esters is 1. The molecule has 4 nitrogen and oxygen atoms in total. The average molecular weight is 623 g/mol. The quantitative estimate of drug-likeness (QED) is 0.0425. The molecule has 0 atom stereocenters. The number of rotatable bonds is 20. The molecule has 45 heavy (non-hydrogen) atoms. The molecule has 4 rings (SSSR count). The van der Waals surface area contributed by atoms with Crippen LogP contribution in [0.4, 0.5) is 0 Å². The van der Waals surface area contributed by atoms with Gasteiger partial charge in [-0.05, 0) is 90.2 Å². The molecule has 1 aromatic heterocycles. The Morgan fingerprint density at radius 3 is 1.71 bits per heavy atom. The first kappa shape index (κ1) is 34.4. The van der Waals surface area contributed by atoms with Crippen LogP contribution in [0, 0.1) is 0 Å². The van der Waals surface area contributed by atoms with Gasteiger partial charge in [-0.25, -0.2) is 14.8 Å². The highest BCUT2D eigenvalue weighted by molar-refractivity contribution is 7.99. The minimum Gasteiger partial charge on any atom is -0.423 e. The fraction of sp³-hybridized carbons (Fsp3) is 0.425. The third-order valence-corrected chi connectivity index (χ3v) is 9.27. The third-order valence-electron chi connectivity index (χ3n) is 8.17. The van der Waals surface area contributed by atoms with Gasteiger partial charge in [-0.15, -0.1) is 11.8 Å². The Balaban J connectivity index is 1.20. The van der Waals surface area contributed by atoms with Crippen molar-refractivity contribution in [2.24, 2.45) is 0 Å². The second-order valence-corrected chi connectivity index (χ2v) is 13.1. The number of aryl methyl sites for hydroxylation is 1. The van der Waals surface area contributed by atoms with E-state index in [1.54, 1.807) is 12.1 Å². The number of unbranched alkanes of at least 4 members (excludes halogenated alkanes) is 11. The molecule has 0 N–H and O–H groups in total. The summed E-state index contributed by atoms with van der Waals surface area (Å²) < 4.78 is 5.65. The van der Waals surface area contributed by atoms with Crippen LogP contribution in [-0.4, -0.2) is 21.7 Å². The van der Waals surface area contributed by atoms with Crippen molar-refractivity contribution < 1.29 is 9.53 Å². The molecule has 0 amide bonds. The van der Waals surface area contributed by atoms with Crippen molar-refractivity contribution in [1.29, 1.82) is 0 Å². The first-order chi connectivity index (χ1) is 22.2. The Morgan fingerprint density at radius 2 is 1.11 bits per heavy atom. The molecule has 4 aromatic rings. The molecular formula is C40H50N2O2S. The van der Waals surface area contributed by atoms with Crippen LogP contribution in [-0.2, 0) is 6.42 Å². The Bertz CT molecular complexity index is 1380. The molecule has 0 aliphatic rings. The third kappa shape index (κ3) is 12.1. The van der Waals surface area contributed by atoms with Crippen molar-refractivity contribution in [3.63, 3.8) is 0 Å². The lowest BCUT2D eigenvalue weighted by molar-refractivity contribution is 0.0735. The van der Waals surface area contributed by atoms with Gasteiger partial charge in [-0.1, -0.05) is 109 Å². The lowest BCUT2D eigenvalue weighted by atomic mass is 10.0. The molecular weight excluding hydrogens is 573 g/mol. The number of thioether (sulfide) groups is 1. The smallest absolute Gasteiger partial charge is 0.343 e. The van der Waals surface area contributed by atoms with E-state index in [9.17, 15) is 4.79 Å². The number of hydrogen-bond donors (Lipinski definition) is 0. The standard InChI is InChI=1S/C40H50N2O2S/c1-3-5-7-9-11-12-14-16-32-30-41-39(42-31-32)35-21-25-37(26-22-35)44-40(43)36-19-17-33(18-20-36)34-23-27-38(28-24-34)45-29-15-13-10-8-6-4-2/h17-28,30-31H,3-16,29H2,1-2H3. The zero-order chi connectivity index (χ0) is 31.5. The van der Waals surface area contributed by atoms with Gasteiger partial charge in [0.05, 0.1) is 5.56 Å². The van der Waals surface area contributed by atoms with E-state index in [0.717, 1.165) is 23.1 Å². The number of hydrogen-bond acceptors (Lipinski definition) is 5. The highest BCUT2D eigenvalue weighted by atomic mass is 32.2. The summed E-state index contributed by atoms with van der Waals surface area (Å²) >= 11 is 1.93. The Morgan fingerprint density at radius 1 is 0.600 bits per heavy atom. The van der Waals surface area contributed by atoms with E-state index >= 15 is 0 Å². The van der Waals surface area contributed by atoms with E-state index in [-0.39, 0.29) is 5.97 Å². The molecule has 1 heterocycles. The van der Waals surface area contributed by atoms with E-state index in [1.807, 2.05) is 60.6 Å². The monoisotopic (exact) mass is 622 g/mol. The van der Waals surface area contributed by atoms with E-state index < -0.39 is 0 Å². The van der Waals surface area contributed by atoms with Crippen molar-refractivity contribution in [2.45, 2.75) is 109 Å². The van der Waals surface area contributed by atoms with Crippen LogP contribution in [0.1, 0.15) is 113 Å². The molecule has 0 saturated heterocycles. The first-order valence-corrected chi connectivity index (χ1v) is 18.1. The maximum Gasteiger partial charge on any atom is 0.343 e. The highest BCUT2D eigenvalue weighted by Gasteiger charge is 2.10. The SMILES string of the molecule is CCCCCCCCCc1cnc(-c2ccc(OC(=O)c3ccc(-c4ccc(SCCCCCCCC)cc4)cc3)cc2)nc1. The van der Waals surface area contributed by atoms with Gasteiger partial charge in [0.25, 0.3) is 0 Å². The lowest BCUT2D eigenvalue weighted by Crippen LogP contribution is -2.08. The molecule has 0 spiro atoms. The number of aromatic nitrogens is 2. The van der Waals surface area contributed by atoms with Gasteiger partial charge < -0.3 is 4.74 Å². The van der Waals surface area contributed by atoms with E-state index in [2.05, 4.69) is 48.1 Å². The fourth-order valence-corrected chi connectivity index (χ4v) is 6.28. The minimum absolute atomic E-state index is 0.373. The largest absolute Gasteiger partial charge is 0.423 e. The number of benzene rings is 3. The Kier molecular flexibility index (Phi) is 15.2. The van der Waals surface area contributed by atoms with Crippen molar-refractivity contribution in [2.75, 3.05) is 5.75 Å².